The number of rotatable bonds is 24. The van der Waals surface area contributed by atoms with Gasteiger partial charge in [0.15, 0.2) is 13.1 Å². The second-order valence-electron chi connectivity index (χ2n) is 9.37. The molecule has 33 heavy (non-hydrogen) atoms. The molecule has 0 bridgehead atoms. The smallest absolute Gasteiger partial charge is 0.359 e. The van der Waals surface area contributed by atoms with Crippen molar-refractivity contribution in [1.29, 1.82) is 0 Å². The third-order valence-corrected chi connectivity index (χ3v) is 6.04. The van der Waals surface area contributed by atoms with Gasteiger partial charge in [-0.2, -0.15) is 0 Å². The highest BCUT2D eigenvalue weighted by Gasteiger charge is 2.32. The number of nitrogens with zero attached hydrogens (tertiary/aromatic N) is 1. The summed E-state index contributed by atoms with van der Waals surface area (Å²) in [4.78, 5) is 33.3. The van der Waals surface area contributed by atoms with Gasteiger partial charge in [-0.05, 0) is 18.9 Å². The summed E-state index contributed by atoms with van der Waals surface area (Å²) in [5.41, 5.74) is 0. The first-order chi connectivity index (χ1) is 15.8. The summed E-state index contributed by atoms with van der Waals surface area (Å²) in [6.45, 7) is 0.531. The van der Waals surface area contributed by atoms with E-state index in [1.54, 1.807) is 6.08 Å². The number of quaternary nitrogens is 1. The van der Waals surface area contributed by atoms with Gasteiger partial charge in [-0.1, -0.05) is 103 Å². The first kappa shape index (κ1) is 31.1. The maximum Gasteiger partial charge on any atom is 0.359 e. The van der Waals surface area contributed by atoms with Crippen molar-refractivity contribution in [2.75, 3.05) is 26.2 Å². The van der Waals surface area contributed by atoms with E-state index in [1.807, 2.05) is 6.08 Å². The number of carbonyl (C=O) groups is 3. The zero-order valence-electron chi connectivity index (χ0n) is 20.8. The molecule has 0 atom stereocenters. The van der Waals surface area contributed by atoms with E-state index >= 15 is 0 Å². The third-order valence-electron chi connectivity index (χ3n) is 6.04. The van der Waals surface area contributed by atoms with Crippen LogP contribution in [0.5, 0.6) is 0 Å². The predicted molar refractivity (Wildman–Crippen MR) is 129 cm³/mol. The topological polar surface area (TPSA) is 115 Å². The van der Waals surface area contributed by atoms with Crippen LogP contribution >= 0.6 is 0 Å². The van der Waals surface area contributed by atoms with Gasteiger partial charge in [0, 0.05) is 0 Å². The molecule has 0 aliphatic heterocycles. The van der Waals surface area contributed by atoms with Crippen LogP contribution in [-0.2, 0) is 14.4 Å². The number of aliphatic carboxylic acids is 3. The van der Waals surface area contributed by atoms with E-state index in [2.05, 4.69) is 6.92 Å². The summed E-state index contributed by atoms with van der Waals surface area (Å²) in [7, 11) is 0. The molecule has 7 heteroatoms. The Morgan fingerprint density at radius 3 is 1.39 bits per heavy atom. The second kappa shape index (κ2) is 20.7. The molecule has 0 saturated heterocycles. The van der Waals surface area contributed by atoms with Crippen molar-refractivity contribution in [3.8, 4) is 0 Å². The Morgan fingerprint density at radius 1 is 0.636 bits per heavy atom. The molecule has 0 aromatic rings. The second-order valence-corrected chi connectivity index (χ2v) is 9.37. The van der Waals surface area contributed by atoms with Crippen molar-refractivity contribution in [3.05, 3.63) is 12.2 Å². The number of carbonyl (C=O) groups excluding carboxylic acids is 1. The fourth-order valence-corrected chi connectivity index (χ4v) is 4.26. The van der Waals surface area contributed by atoms with Gasteiger partial charge in [-0.15, -0.1) is 0 Å². The Kier molecular flexibility index (Phi) is 19.5. The van der Waals surface area contributed by atoms with Crippen molar-refractivity contribution in [3.63, 3.8) is 0 Å². The number of hydrogen-bond acceptors (Lipinski definition) is 4. The van der Waals surface area contributed by atoms with E-state index in [9.17, 15) is 19.5 Å². The molecule has 0 spiro atoms. The summed E-state index contributed by atoms with van der Waals surface area (Å²) in [6, 6.07) is 0. The van der Waals surface area contributed by atoms with Gasteiger partial charge in [0.05, 0.1) is 12.5 Å². The van der Waals surface area contributed by atoms with Crippen LogP contribution in [0.15, 0.2) is 12.2 Å². The molecule has 0 heterocycles. The lowest BCUT2D eigenvalue weighted by molar-refractivity contribution is -0.903. The molecule has 0 saturated carbocycles. The molecular weight excluding hydrogens is 422 g/mol. The number of allylic oxidation sites excluding steroid dienone is 1. The highest BCUT2D eigenvalue weighted by atomic mass is 16.4. The molecule has 0 amide bonds. The van der Waals surface area contributed by atoms with E-state index in [4.69, 9.17) is 10.2 Å². The van der Waals surface area contributed by atoms with Gasteiger partial charge in [-0.25, -0.2) is 9.59 Å². The Bertz CT molecular complexity index is 520. The van der Waals surface area contributed by atoms with Crippen LogP contribution in [0.25, 0.3) is 0 Å². The maximum absolute atomic E-state index is 11.1. The van der Waals surface area contributed by atoms with Crippen molar-refractivity contribution in [1.82, 2.24) is 0 Å². The minimum Gasteiger partial charge on any atom is -0.544 e. The Labute approximate surface area is 200 Å². The average Bonchev–Trinajstić information content (AvgIpc) is 2.71. The van der Waals surface area contributed by atoms with Crippen molar-refractivity contribution < 1.29 is 34.2 Å². The van der Waals surface area contributed by atoms with Crippen LogP contribution in [0.4, 0.5) is 0 Å². The van der Waals surface area contributed by atoms with Crippen LogP contribution in [0.1, 0.15) is 110 Å². The van der Waals surface area contributed by atoms with Crippen molar-refractivity contribution in [2.24, 2.45) is 0 Å². The zero-order chi connectivity index (χ0) is 24.8. The lowest BCUT2D eigenvalue weighted by Gasteiger charge is -2.35. The standard InChI is InChI=1S/C26H47NO6/c1-2-3-4-5-6-7-8-9-10-11-12-13-14-15-16-17-18-19-20-27(21-24(28)29,22-25(30)31)23-26(32)33/h18-19H,2-17,20-23H2,1H3,(H2-,28,29,30,31,32,33)/b19-18+. The first-order valence-electron chi connectivity index (χ1n) is 12.9. The van der Waals surface area contributed by atoms with E-state index in [0.717, 1.165) is 19.3 Å². The summed E-state index contributed by atoms with van der Waals surface area (Å²) >= 11 is 0. The van der Waals surface area contributed by atoms with Crippen LogP contribution in [-0.4, -0.2) is 58.8 Å². The van der Waals surface area contributed by atoms with E-state index in [1.165, 1.54) is 83.5 Å². The molecule has 0 aromatic carbocycles. The molecule has 7 nitrogen and oxygen atoms in total. The van der Waals surface area contributed by atoms with Gasteiger partial charge < -0.3 is 20.1 Å². The van der Waals surface area contributed by atoms with E-state index in [0.29, 0.717) is 0 Å². The SMILES string of the molecule is CCCCCCCCCCCCCCCCC/C=C/C[N+](CC(=O)[O-])(CC(=O)O)CC(=O)O. The average molecular weight is 470 g/mol. The molecule has 0 radical (unpaired) electrons. The molecule has 0 rings (SSSR count). The highest BCUT2D eigenvalue weighted by Crippen LogP contribution is 2.14. The summed E-state index contributed by atoms with van der Waals surface area (Å²) in [6.07, 6.45) is 24.0. The number of unbranched alkanes of at least 4 members (excludes halogenated alkanes) is 15. The number of carboxylic acid groups (broad SMARTS) is 3. The van der Waals surface area contributed by atoms with Crippen molar-refractivity contribution in [2.45, 2.75) is 110 Å². The first-order valence-corrected chi connectivity index (χ1v) is 12.9. The predicted octanol–water partition coefficient (Wildman–Crippen LogP) is 4.54. The highest BCUT2D eigenvalue weighted by molar-refractivity contribution is 5.72. The Morgan fingerprint density at radius 2 is 1.03 bits per heavy atom. The zero-order valence-corrected chi connectivity index (χ0v) is 20.8. The normalized spacial score (nSPS) is 11.8. The number of hydrogen-bond donors (Lipinski definition) is 2. The molecule has 192 valence electrons. The lowest BCUT2D eigenvalue weighted by Crippen LogP contribution is -2.58. The fourth-order valence-electron chi connectivity index (χ4n) is 4.26. The van der Waals surface area contributed by atoms with E-state index in [-0.39, 0.29) is 6.54 Å². The summed E-state index contributed by atoms with van der Waals surface area (Å²) in [5.74, 6) is -3.91. The van der Waals surface area contributed by atoms with Gasteiger partial charge in [-0.3, -0.25) is 4.48 Å². The molecule has 0 aliphatic rings. The molecule has 0 aromatic heterocycles. The largest absolute Gasteiger partial charge is 0.544 e. The van der Waals surface area contributed by atoms with Gasteiger partial charge in [0.2, 0.25) is 0 Å². The monoisotopic (exact) mass is 469 g/mol. The quantitative estimate of drug-likeness (QED) is 0.122. The van der Waals surface area contributed by atoms with E-state index < -0.39 is 42.0 Å². The molecular formula is C26H47NO6. The van der Waals surface area contributed by atoms with Gasteiger partial charge in [0.25, 0.3) is 0 Å². The molecule has 2 N–H and O–H groups in total. The van der Waals surface area contributed by atoms with Crippen LogP contribution in [0, 0.1) is 0 Å². The van der Waals surface area contributed by atoms with Crippen LogP contribution in [0.2, 0.25) is 0 Å². The summed E-state index contributed by atoms with van der Waals surface area (Å²) < 4.78 is -0.581. The maximum atomic E-state index is 11.1. The molecule has 0 aliphatic carbocycles. The molecule has 0 fully saturated rings. The van der Waals surface area contributed by atoms with Gasteiger partial charge in [0.1, 0.15) is 6.54 Å². The molecule has 0 unspecified atom stereocenters. The summed E-state index contributed by atoms with van der Waals surface area (Å²) in [5, 5.41) is 29.2. The third kappa shape index (κ3) is 20.4. The minimum absolute atomic E-state index is 0.0469. The van der Waals surface area contributed by atoms with Crippen LogP contribution < -0.4 is 5.11 Å². The minimum atomic E-state index is -1.45. The Hall–Kier alpha value is -1.89. The number of carboxylic acids is 3. The lowest BCUT2D eigenvalue weighted by atomic mass is 10.0. The fraction of sp³-hybridized carbons (Fsp3) is 0.808. The Balaban J connectivity index is 3.85. The van der Waals surface area contributed by atoms with Gasteiger partial charge >= 0.3 is 11.9 Å². The van der Waals surface area contributed by atoms with Crippen LogP contribution in [0.3, 0.4) is 0 Å². The van der Waals surface area contributed by atoms with Crippen molar-refractivity contribution >= 4 is 17.9 Å².